The molecule has 0 heterocycles. The first kappa shape index (κ1) is 27.3. The van der Waals surface area contributed by atoms with Crippen LogP contribution in [0.15, 0.2) is 71.1 Å². The van der Waals surface area contributed by atoms with E-state index >= 15 is 0 Å². The smallest absolute Gasteiger partial charge is 0.339 e. The average molecular weight is 540 g/mol. The van der Waals surface area contributed by atoms with Gasteiger partial charge >= 0.3 is 10.1 Å². The number of aryl methyl sites for hydroxylation is 1. The van der Waals surface area contributed by atoms with Gasteiger partial charge in [-0.1, -0.05) is 23.7 Å². The first-order chi connectivity index (χ1) is 17.5. The maximum Gasteiger partial charge on any atom is 0.339 e. The van der Waals surface area contributed by atoms with E-state index in [0.29, 0.717) is 22.0 Å². The second-order valence-corrected chi connectivity index (χ2v) is 9.72. The van der Waals surface area contributed by atoms with E-state index in [9.17, 15) is 23.3 Å². The summed E-state index contributed by atoms with van der Waals surface area (Å²) in [5.41, 5.74) is 1.72. The van der Waals surface area contributed by atoms with E-state index < -0.39 is 16.0 Å². The van der Waals surface area contributed by atoms with Gasteiger partial charge in [0.05, 0.1) is 7.11 Å². The summed E-state index contributed by atoms with van der Waals surface area (Å²) in [7, 11) is -2.94. The van der Waals surface area contributed by atoms with E-state index in [0.717, 1.165) is 5.56 Å². The number of nitrogens with one attached hydrogen (secondary N) is 2. The standard InChI is InChI=1S/C26H22ClN3O6S/c1-16-4-6-20(27)14-23(16)30-26(32)19(15-28)12-18-5-11-24(35-3)25(13-18)36-37(33,34)22-9-7-21(8-10-22)29-17(2)31/h4-14H,1-3H3,(H,29,31)(H,30,32)/b19-12+. The number of nitrogens with zero attached hydrogens (tertiary/aromatic N) is 1. The molecular weight excluding hydrogens is 518 g/mol. The van der Waals surface area contributed by atoms with Crippen molar-refractivity contribution in [3.05, 3.63) is 82.4 Å². The van der Waals surface area contributed by atoms with Crippen molar-refractivity contribution in [2.45, 2.75) is 18.7 Å². The third-order valence-electron chi connectivity index (χ3n) is 4.97. The van der Waals surface area contributed by atoms with Crippen molar-refractivity contribution < 1.29 is 26.9 Å². The van der Waals surface area contributed by atoms with Gasteiger partial charge < -0.3 is 19.6 Å². The van der Waals surface area contributed by atoms with E-state index in [1.54, 1.807) is 25.1 Å². The lowest BCUT2D eigenvalue weighted by molar-refractivity contribution is -0.114. The second kappa shape index (κ2) is 11.6. The molecule has 0 atom stereocenters. The van der Waals surface area contributed by atoms with Crippen LogP contribution in [0.1, 0.15) is 18.1 Å². The molecule has 0 fully saturated rings. The van der Waals surface area contributed by atoms with Crippen molar-refractivity contribution in [3.63, 3.8) is 0 Å². The molecule has 11 heteroatoms. The van der Waals surface area contributed by atoms with Gasteiger partial charge in [0, 0.05) is 23.3 Å². The van der Waals surface area contributed by atoms with Crippen LogP contribution < -0.4 is 19.6 Å². The third-order valence-corrected chi connectivity index (χ3v) is 6.46. The van der Waals surface area contributed by atoms with Gasteiger partial charge in [-0.2, -0.15) is 13.7 Å². The SMILES string of the molecule is COc1ccc(/C=C(\C#N)C(=O)Nc2cc(Cl)ccc2C)cc1OS(=O)(=O)c1ccc(NC(C)=O)cc1. The van der Waals surface area contributed by atoms with Gasteiger partial charge in [-0.3, -0.25) is 9.59 Å². The number of methoxy groups -OCH3 is 1. The molecule has 3 rings (SSSR count). The Bertz CT molecular complexity index is 1530. The van der Waals surface area contributed by atoms with E-state index in [4.69, 9.17) is 20.5 Å². The minimum atomic E-state index is -4.28. The summed E-state index contributed by atoms with van der Waals surface area (Å²) in [6, 6.07) is 16.6. The summed E-state index contributed by atoms with van der Waals surface area (Å²) in [6.45, 7) is 3.11. The Morgan fingerprint density at radius 1 is 1.00 bits per heavy atom. The molecule has 0 saturated heterocycles. The minimum Gasteiger partial charge on any atom is -0.493 e. The molecule has 0 aliphatic heterocycles. The van der Waals surface area contributed by atoms with E-state index in [-0.39, 0.29) is 27.9 Å². The van der Waals surface area contributed by atoms with Crippen LogP contribution >= 0.6 is 11.6 Å². The molecule has 3 aromatic carbocycles. The maximum absolute atomic E-state index is 12.9. The Morgan fingerprint density at radius 3 is 2.32 bits per heavy atom. The normalized spacial score (nSPS) is 11.3. The Hall–Kier alpha value is -4.33. The number of amides is 2. The molecule has 9 nitrogen and oxygen atoms in total. The highest BCUT2D eigenvalue weighted by Gasteiger charge is 2.20. The van der Waals surface area contributed by atoms with Crippen LogP contribution in [0, 0.1) is 18.3 Å². The molecular formula is C26H22ClN3O6S. The Balaban J connectivity index is 1.88. The topological polar surface area (TPSA) is 135 Å². The number of halogens is 1. The summed E-state index contributed by atoms with van der Waals surface area (Å²) >= 11 is 5.99. The number of benzene rings is 3. The van der Waals surface area contributed by atoms with Crippen LogP contribution in [0.2, 0.25) is 5.02 Å². The maximum atomic E-state index is 12.9. The van der Waals surface area contributed by atoms with Crippen LogP contribution in [-0.4, -0.2) is 27.3 Å². The predicted octanol–water partition coefficient (Wildman–Crippen LogP) is 4.93. The van der Waals surface area contributed by atoms with Crippen LogP contribution in [0.25, 0.3) is 6.08 Å². The van der Waals surface area contributed by atoms with Crippen molar-refractivity contribution in [2.75, 3.05) is 17.7 Å². The largest absolute Gasteiger partial charge is 0.493 e. The molecule has 0 saturated carbocycles. The monoisotopic (exact) mass is 539 g/mol. The fourth-order valence-electron chi connectivity index (χ4n) is 3.16. The molecule has 2 amide bonds. The average Bonchev–Trinajstić information content (AvgIpc) is 2.84. The van der Waals surface area contributed by atoms with Gasteiger partial charge in [-0.25, -0.2) is 0 Å². The molecule has 3 aromatic rings. The number of nitriles is 1. The van der Waals surface area contributed by atoms with Crippen LogP contribution in [0.4, 0.5) is 11.4 Å². The molecule has 0 aliphatic rings. The third kappa shape index (κ3) is 7.10. The number of anilines is 2. The van der Waals surface area contributed by atoms with Crippen molar-refractivity contribution in [1.82, 2.24) is 0 Å². The summed E-state index contributed by atoms with van der Waals surface area (Å²) in [5.74, 6) is -0.994. The number of hydrogen-bond donors (Lipinski definition) is 2. The fourth-order valence-corrected chi connectivity index (χ4v) is 4.26. The van der Waals surface area contributed by atoms with E-state index in [2.05, 4.69) is 10.6 Å². The van der Waals surface area contributed by atoms with Crippen LogP contribution in [0.3, 0.4) is 0 Å². The lowest BCUT2D eigenvalue weighted by Crippen LogP contribution is -2.14. The number of carbonyl (C=O) groups is 2. The lowest BCUT2D eigenvalue weighted by atomic mass is 10.1. The van der Waals surface area contributed by atoms with Crippen molar-refractivity contribution >= 4 is 51.0 Å². The van der Waals surface area contributed by atoms with E-state index in [1.165, 1.54) is 62.6 Å². The summed E-state index contributed by atoms with van der Waals surface area (Å²) in [6.07, 6.45) is 1.29. The van der Waals surface area contributed by atoms with Crippen LogP contribution in [-0.2, 0) is 19.7 Å². The molecule has 0 unspecified atom stereocenters. The van der Waals surface area contributed by atoms with Crippen molar-refractivity contribution in [1.29, 1.82) is 5.26 Å². The summed E-state index contributed by atoms with van der Waals surface area (Å²) in [5, 5.41) is 15.2. The fraction of sp³-hybridized carbons (Fsp3) is 0.115. The molecule has 0 spiro atoms. The predicted molar refractivity (Wildman–Crippen MR) is 140 cm³/mol. The first-order valence-electron chi connectivity index (χ1n) is 10.7. The van der Waals surface area contributed by atoms with Crippen LogP contribution in [0.5, 0.6) is 11.5 Å². The van der Waals surface area contributed by atoms with Gasteiger partial charge in [0.1, 0.15) is 16.5 Å². The zero-order chi connectivity index (χ0) is 27.2. The van der Waals surface area contributed by atoms with E-state index in [1.807, 2.05) is 6.07 Å². The first-order valence-corrected chi connectivity index (χ1v) is 12.5. The molecule has 0 aliphatic carbocycles. The number of rotatable bonds is 8. The van der Waals surface area contributed by atoms with Crippen molar-refractivity contribution in [2.24, 2.45) is 0 Å². The Labute approximate surface area is 219 Å². The highest BCUT2D eigenvalue weighted by molar-refractivity contribution is 7.87. The second-order valence-electron chi connectivity index (χ2n) is 7.74. The molecule has 190 valence electrons. The molecule has 2 N–H and O–H groups in total. The number of hydrogen-bond acceptors (Lipinski definition) is 7. The Morgan fingerprint density at radius 2 is 1.70 bits per heavy atom. The van der Waals surface area contributed by atoms with Gasteiger partial charge in [-0.05, 0) is 72.7 Å². The van der Waals surface area contributed by atoms with Crippen molar-refractivity contribution in [3.8, 4) is 17.6 Å². The summed E-state index contributed by atoms with van der Waals surface area (Å²) < 4.78 is 36.2. The Kier molecular flexibility index (Phi) is 8.55. The quantitative estimate of drug-likeness (QED) is 0.235. The molecule has 0 radical (unpaired) electrons. The zero-order valence-corrected chi connectivity index (χ0v) is 21.6. The summed E-state index contributed by atoms with van der Waals surface area (Å²) in [4.78, 5) is 23.7. The number of carbonyl (C=O) groups excluding carboxylic acids is 2. The van der Waals surface area contributed by atoms with Gasteiger partial charge in [0.2, 0.25) is 5.91 Å². The highest BCUT2D eigenvalue weighted by Crippen LogP contribution is 2.32. The molecule has 0 aromatic heterocycles. The van der Waals surface area contributed by atoms with Gasteiger partial charge in [-0.15, -0.1) is 0 Å². The molecule has 0 bridgehead atoms. The minimum absolute atomic E-state index is 0.119. The number of ether oxygens (including phenoxy) is 1. The highest BCUT2D eigenvalue weighted by atomic mass is 35.5. The lowest BCUT2D eigenvalue weighted by Gasteiger charge is -2.12. The van der Waals surface area contributed by atoms with Gasteiger partial charge in [0.25, 0.3) is 5.91 Å². The van der Waals surface area contributed by atoms with Gasteiger partial charge in [0.15, 0.2) is 11.5 Å². The molecule has 37 heavy (non-hydrogen) atoms. The zero-order valence-electron chi connectivity index (χ0n) is 20.0.